The maximum absolute atomic E-state index is 13.4. The molecule has 1 unspecified atom stereocenters. The van der Waals surface area contributed by atoms with Gasteiger partial charge in [-0.3, -0.25) is 9.59 Å². The topological polar surface area (TPSA) is 86.8 Å². The zero-order chi connectivity index (χ0) is 21.8. The second kappa shape index (κ2) is 9.69. The number of fused-ring (bicyclic) bond motifs is 1. The highest BCUT2D eigenvalue weighted by Gasteiger charge is 2.41. The van der Waals surface area contributed by atoms with Crippen molar-refractivity contribution in [1.82, 2.24) is 14.5 Å². The van der Waals surface area contributed by atoms with Crippen molar-refractivity contribution in [3.63, 3.8) is 0 Å². The highest BCUT2D eigenvalue weighted by molar-refractivity contribution is 7.89. The van der Waals surface area contributed by atoms with Crippen LogP contribution >= 0.6 is 0 Å². The SMILES string of the molecule is O=C1CCN(C(=O)C2CCCN2S(=O)(=O)c2ccc3c(c2)CCC3)CCCCCCN1. The summed E-state index contributed by atoms with van der Waals surface area (Å²) >= 11 is 0. The van der Waals surface area contributed by atoms with Crippen LogP contribution in [0.2, 0.25) is 0 Å². The molecular formula is C23H33N3O4S. The van der Waals surface area contributed by atoms with E-state index < -0.39 is 16.1 Å². The van der Waals surface area contributed by atoms with Crippen LogP contribution in [0.25, 0.3) is 0 Å². The Morgan fingerprint density at radius 3 is 2.58 bits per heavy atom. The van der Waals surface area contributed by atoms with Gasteiger partial charge in [-0.15, -0.1) is 0 Å². The van der Waals surface area contributed by atoms with Crippen LogP contribution in [-0.4, -0.2) is 61.7 Å². The molecule has 2 aliphatic heterocycles. The van der Waals surface area contributed by atoms with Crippen LogP contribution in [0.4, 0.5) is 0 Å². The first-order valence-electron chi connectivity index (χ1n) is 11.7. The van der Waals surface area contributed by atoms with Crippen molar-refractivity contribution in [3.05, 3.63) is 29.3 Å². The fraction of sp³-hybridized carbons (Fsp3) is 0.652. The smallest absolute Gasteiger partial charge is 0.243 e. The molecule has 3 aliphatic rings. The first kappa shape index (κ1) is 22.3. The summed E-state index contributed by atoms with van der Waals surface area (Å²) in [5.74, 6) is -0.206. The van der Waals surface area contributed by atoms with Gasteiger partial charge in [0.1, 0.15) is 6.04 Å². The summed E-state index contributed by atoms with van der Waals surface area (Å²) < 4.78 is 28.3. The number of nitrogens with zero attached hydrogens (tertiary/aromatic N) is 2. The lowest BCUT2D eigenvalue weighted by Crippen LogP contribution is -2.48. The van der Waals surface area contributed by atoms with Gasteiger partial charge in [0.05, 0.1) is 4.90 Å². The number of aryl methyl sites for hydroxylation is 2. The van der Waals surface area contributed by atoms with E-state index in [1.165, 1.54) is 9.87 Å². The average Bonchev–Trinajstić information content (AvgIpc) is 3.42. The van der Waals surface area contributed by atoms with Crippen molar-refractivity contribution < 1.29 is 18.0 Å². The monoisotopic (exact) mass is 447 g/mol. The number of rotatable bonds is 3. The maximum Gasteiger partial charge on any atom is 0.243 e. The van der Waals surface area contributed by atoms with Crippen molar-refractivity contribution in [3.8, 4) is 0 Å². The summed E-state index contributed by atoms with van der Waals surface area (Å²) in [5, 5.41) is 2.90. The summed E-state index contributed by atoms with van der Waals surface area (Å²) in [5.41, 5.74) is 2.34. The largest absolute Gasteiger partial charge is 0.356 e. The highest BCUT2D eigenvalue weighted by atomic mass is 32.2. The minimum Gasteiger partial charge on any atom is -0.356 e. The van der Waals surface area contributed by atoms with Crippen LogP contribution in [0.1, 0.15) is 62.5 Å². The highest BCUT2D eigenvalue weighted by Crippen LogP contribution is 2.30. The van der Waals surface area contributed by atoms with E-state index in [2.05, 4.69) is 5.32 Å². The Morgan fingerprint density at radius 1 is 0.903 bits per heavy atom. The normalized spacial score (nSPS) is 23.8. The summed E-state index contributed by atoms with van der Waals surface area (Å²) in [6.45, 7) is 1.97. The number of carbonyl (C=O) groups excluding carboxylic acids is 2. The van der Waals surface area contributed by atoms with Crippen molar-refractivity contribution in [2.45, 2.75) is 75.1 Å². The lowest BCUT2D eigenvalue weighted by molar-refractivity contribution is -0.135. The number of carbonyl (C=O) groups is 2. The van der Waals surface area contributed by atoms with Crippen molar-refractivity contribution in [2.24, 2.45) is 0 Å². The molecule has 0 bridgehead atoms. The first-order valence-corrected chi connectivity index (χ1v) is 13.1. The van der Waals surface area contributed by atoms with Gasteiger partial charge in [0, 0.05) is 32.6 Å². The minimum atomic E-state index is -3.73. The van der Waals surface area contributed by atoms with Gasteiger partial charge in [0.25, 0.3) is 0 Å². The van der Waals surface area contributed by atoms with Gasteiger partial charge in [0.2, 0.25) is 21.8 Å². The van der Waals surface area contributed by atoms with E-state index in [1.54, 1.807) is 17.0 Å². The predicted octanol–water partition coefficient (Wildman–Crippen LogP) is 2.24. The van der Waals surface area contributed by atoms with E-state index in [0.717, 1.165) is 50.5 Å². The summed E-state index contributed by atoms with van der Waals surface area (Å²) in [7, 11) is -3.73. The van der Waals surface area contributed by atoms with E-state index >= 15 is 0 Å². The second-order valence-electron chi connectivity index (χ2n) is 8.90. The Morgan fingerprint density at radius 2 is 1.71 bits per heavy atom. The molecule has 170 valence electrons. The number of benzene rings is 1. The molecule has 8 heteroatoms. The molecule has 2 heterocycles. The molecule has 1 aliphatic carbocycles. The predicted molar refractivity (Wildman–Crippen MR) is 118 cm³/mol. The van der Waals surface area contributed by atoms with Crippen LogP contribution in [0.5, 0.6) is 0 Å². The maximum atomic E-state index is 13.4. The van der Waals surface area contributed by atoms with Crippen LogP contribution in [0.3, 0.4) is 0 Å². The second-order valence-corrected chi connectivity index (χ2v) is 10.8. The van der Waals surface area contributed by atoms with Crippen molar-refractivity contribution >= 4 is 21.8 Å². The Bertz CT molecular complexity index is 931. The number of hydrogen-bond acceptors (Lipinski definition) is 4. The standard InChI is InChI=1S/C23H33N3O4S/c27-22-12-16-25(14-4-2-1-3-13-24-22)23(28)21-9-6-15-26(21)31(29,30)20-11-10-18-7-5-8-19(18)17-20/h10-11,17,21H,1-9,12-16H2,(H,24,27). The quantitative estimate of drug-likeness (QED) is 0.770. The zero-order valence-corrected chi connectivity index (χ0v) is 19.0. The van der Waals surface area contributed by atoms with E-state index in [-0.39, 0.29) is 18.2 Å². The molecule has 0 radical (unpaired) electrons. The molecule has 1 aromatic carbocycles. The summed E-state index contributed by atoms with van der Waals surface area (Å²) in [4.78, 5) is 27.5. The minimum absolute atomic E-state index is 0.0475. The third-order valence-electron chi connectivity index (χ3n) is 6.76. The van der Waals surface area contributed by atoms with Crippen LogP contribution < -0.4 is 5.32 Å². The van der Waals surface area contributed by atoms with E-state index in [9.17, 15) is 18.0 Å². The number of nitrogens with one attached hydrogen (secondary N) is 1. The van der Waals surface area contributed by atoms with Gasteiger partial charge in [-0.1, -0.05) is 18.9 Å². The average molecular weight is 448 g/mol. The first-order chi connectivity index (χ1) is 15.0. The van der Waals surface area contributed by atoms with Gasteiger partial charge < -0.3 is 10.2 Å². The zero-order valence-electron chi connectivity index (χ0n) is 18.1. The lowest BCUT2D eigenvalue weighted by atomic mass is 10.1. The fourth-order valence-electron chi connectivity index (χ4n) is 5.00. The van der Waals surface area contributed by atoms with E-state index in [1.807, 2.05) is 6.07 Å². The van der Waals surface area contributed by atoms with E-state index in [0.29, 0.717) is 43.9 Å². The molecular weight excluding hydrogens is 414 g/mol. The Labute approximate surface area is 185 Å². The number of amides is 2. The molecule has 2 amide bonds. The molecule has 1 N–H and O–H groups in total. The molecule has 4 rings (SSSR count). The molecule has 0 aromatic heterocycles. The van der Waals surface area contributed by atoms with Gasteiger partial charge in [-0.05, 0) is 68.2 Å². The van der Waals surface area contributed by atoms with Gasteiger partial charge >= 0.3 is 0 Å². The van der Waals surface area contributed by atoms with Crippen molar-refractivity contribution in [2.75, 3.05) is 26.2 Å². The van der Waals surface area contributed by atoms with Crippen LogP contribution in [-0.2, 0) is 32.5 Å². The lowest BCUT2D eigenvalue weighted by Gasteiger charge is -2.30. The Hall–Kier alpha value is -1.93. The summed E-state index contributed by atoms with van der Waals surface area (Å²) in [6.07, 6.45) is 8.30. The molecule has 1 aromatic rings. The third kappa shape index (κ3) is 4.95. The Balaban J connectivity index is 1.52. The van der Waals surface area contributed by atoms with Crippen LogP contribution in [0.15, 0.2) is 23.1 Å². The molecule has 2 fully saturated rings. The van der Waals surface area contributed by atoms with Gasteiger partial charge in [-0.2, -0.15) is 4.31 Å². The molecule has 2 saturated heterocycles. The molecule has 1 atom stereocenters. The van der Waals surface area contributed by atoms with Gasteiger partial charge in [0.15, 0.2) is 0 Å². The third-order valence-corrected chi connectivity index (χ3v) is 8.67. The van der Waals surface area contributed by atoms with Gasteiger partial charge in [-0.25, -0.2) is 8.42 Å². The number of sulfonamides is 1. The van der Waals surface area contributed by atoms with Crippen LogP contribution in [0, 0.1) is 0 Å². The van der Waals surface area contributed by atoms with E-state index in [4.69, 9.17) is 0 Å². The summed E-state index contributed by atoms with van der Waals surface area (Å²) in [6, 6.07) is 4.74. The number of hydrogen-bond donors (Lipinski definition) is 1. The van der Waals surface area contributed by atoms with Crippen molar-refractivity contribution in [1.29, 1.82) is 0 Å². The molecule has 0 saturated carbocycles. The Kier molecular flexibility index (Phi) is 6.96. The molecule has 7 nitrogen and oxygen atoms in total. The molecule has 31 heavy (non-hydrogen) atoms. The molecule has 0 spiro atoms. The fourth-order valence-corrected chi connectivity index (χ4v) is 6.70.